The van der Waals surface area contributed by atoms with E-state index in [1.165, 1.54) is 10.6 Å². The maximum Gasteiger partial charge on any atom is 0.252 e. The van der Waals surface area contributed by atoms with Gasteiger partial charge in [0.2, 0.25) is 0 Å². The summed E-state index contributed by atoms with van der Waals surface area (Å²) >= 11 is 0. The molecule has 2 N–H and O–H groups in total. The summed E-state index contributed by atoms with van der Waals surface area (Å²) in [5, 5.41) is 13.4. The highest BCUT2D eigenvalue weighted by atomic mass is 31.1. The lowest BCUT2D eigenvalue weighted by Gasteiger charge is -2.33. The molecule has 1 saturated carbocycles. The van der Waals surface area contributed by atoms with Crippen LogP contribution in [-0.4, -0.2) is 31.0 Å². The summed E-state index contributed by atoms with van der Waals surface area (Å²) in [7, 11) is -0.371. The Morgan fingerprint density at radius 2 is 0.885 bits per heavy atom. The molecule has 0 saturated heterocycles. The number of hydrogen-bond donors (Lipinski definition) is 2. The smallest absolute Gasteiger partial charge is 0.252 e. The maximum atomic E-state index is 14.4. The molecule has 0 bridgehead atoms. The summed E-state index contributed by atoms with van der Waals surface area (Å²) in [5.74, 6) is 0.460. The van der Waals surface area contributed by atoms with Gasteiger partial charge in [0.1, 0.15) is 5.75 Å². The van der Waals surface area contributed by atoms with Crippen molar-refractivity contribution in [3.05, 3.63) is 175 Å². The van der Waals surface area contributed by atoms with Crippen LogP contribution in [0.4, 0.5) is 0 Å². The van der Waals surface area contributed by atoms with Gasteiger partial charge in [-0.05, 0) is 79.5 Å². The summed E-state index contributed by atoms with van der Waals surface area (Å²) in [6.45, 7) is 0. The van der Waals surface area contributed by atoms with E-state index in [4.69, 9.17) is 4.74 Å². The molecule has 2 atom stereocenters. The molecular formula is C45H42N2O3P2. The molecule has 6 aromatic rings. The van der Waals surface area contributed by atoms with Gasteiger partial charge in [0.15, 0.2) is 0 Å². The molecule has 52 heavy (non-hydrogen) atoms. The zero-order chi connectivity index (χ0) is 35.7. The van der Waals surface area contributed by atoms with E-state index < -0.39 is 15.8 Å². The average molecular weight is 721 g/mol. The molecule has 6 aromatic carbocycles. The van der Waals surface area contributed by atoms with E-state index in [0.29, 0.717) is 16.9 Å². The number of rotatable bonds is 11. The predicted molar refractivity (Wildman–Crippen MR) is 218 cm³/mol. The fraction of sp³-hybridized carbons (Fsp3) is 0.156. The third kappa shape index (κ3) is 8.02. The summed E-state index contributed by atoms with van der Waals surface area (Å²) in [5.41, 5.74) is 1.29. The number of amides is 2. The number of ether oxygens (including phenoxy) is 1. The van der Waals surface area contributed by atoms with E-state index in [-0.39, 0.29) is 23.9 Å². The van der Waals surface area contributed by atoms with Gasteiger partial charge < -0.3 is 15.4 Å². The van der Waals surface area contributed by atoms with Crippen LogP contribution in [0.5, 0.6) is 5.75 Å². The first kappa shape index (κ1) is 35.3. The van der Waals surface area contributed by atoms with Crippen LogP contribution < -0.4 is 47.2 Å². The maximum absolute atomic E-state index is 14.4. The molecule has 0 aromatic heterocycles. The zero-order valence-corrected chi connectivity index (χ0v) is 31.0. The third-order valence-corrected chi connectivity index (χ3v) is 14.5. The molecule has 2 amide bonds. The van der Waals surface area contributed by atoms with Gasteiger partial charge in [0.25, 0.3) is 11.8 Å². The van der Waals surface area contributed by atoms with Gasteiger partial charge in [0, 0.05) is 28.5 Å². The van der Waals surface area contributed by atoms with Crippen molar-refractivity contribution in [2.75, 3.05) is 7.11 Å². The highest BCUT2D eigenvalue weighted by Crippen LogP contribution is 2.36. The fourth-order valence-corrected chi connectivity index (χ4v) is 11.9. The van der Waals surface area contributed by atoms with Gasteiger partial charge in [-0.3, -0.25) is 9.59 Å². The van der Waals surface area contributed by atoms with Crippen LogP contribution >= 0.6 is 15.8 Å². The topological polar surface area (TPSA) is 67.4 Å². The number of benzene rings is 6. The second-order valence-electron chi connectivity index (χ2n) is 12.9. The van der Waals surface area contributed by atoms with Gasteiger partial charge in [-0.1, -0.05) is 152 Å². The lowest BCUT2D eigenvalue weighted by Crippen LogP contribution is -2.54. The quantitative estimate of drug-likeness (QED) is 0.147. The van der Waals surface area contributed by atoms with E-state index in [2.05, 4.69) is 89.5 Å². The minimum atomic E-state index is -1.06. The molecule has 1 aliphatic carbocycles. The summed E-state index contributed by atoms with van der Waals surface area (Å²) < 4.78 is 5.68. The first-order valence-electron chi connectivity index (χ1n) is 17.8. The number of carbonyl (C=O) groups excluding carboxylic acids is 2. The molecule has 260 valence electrons. The SMILES string of the molecule is COc1ccc(C(=O)N[C@@H]2CCCC[C@H]2NC(=O)c2ccccc2P(c2ccccc2)c2ccccc2)c(P(c2ccccc2)c2ccccc2)c1. The Balaban J connectivity index is 1.18. The van der Waals surface area contributed by atoms with E-state index in [9.17, 15) is 9.59 Å². The number of hydrogen-bond acceptors (Lipinski definition) is 3. The Kier molecular flexibility index (Phi) is 11.5. The Morgan fingerprint density at radius 3 is 1.33 bits per heavy atom. The number of methoxy groups -OCH3 is 1. The summed E-state index contributed by atoms with van der Waals surface area (Å²) in [6, 6.07) is 54.9. The molecule has 7 heteroatoms. The monoisotopic (exact) mass is 720 g/mol. The minimum Gasteiger partial charge on any atom is -0.497 e. The molecule has 0 aliphatic heterocycles. The van der Waals surface area contributed by atoms with Crippen molar-refractivity contribution in [2.24, 2.45) is 0 Å². The summed E-state index contributed by atoms with van der Waals surface area (Å²) in [4.78, 5) is 28.7. The van der Waals surface area contributed by atoms with Crippen molar-refractivity contribution in [3.63, 3.8) is 0 Å². The molecule has 1 fully saturated rings. The zero-order valence-electron chi connectivity index (χ0n) is 29.2. The van der Waals surface area contributed by atoms with Crippen LogP contribution in [0.25, 0.3) is 0 Å². The van der Waals surface area contributed by atoms with E-state index >= 15 is 0 Å². The number of carbonyl (C=O) groups is 2. The van der Waals surface area contributed by atoms with Gasteiger partial charge >= 0.3 is 0 Å². The number of nitrogens with one attached hydrogen (secondary N) is 2. The molecule has 0 unspecified atom stereocenters. The van der Waals surface area contributed by atoms with Gasteiger partial charge in [-0.2, -0.15) is 0 Å². The molecule has 0 spiro atoms. The predicted octanol–water partition coefficient (Wildman–Crippen LogP) is 6.68. The molecule has 7 rings (SSSR count). The van der Waals surface area contributed by atoms with Crippen LogP contribution in [0.2, 0.25) is 0 Å². The Bertz CT molecular complexity index is 2020. The lowest BCUT2D eigenvalue weighted by atomic mass is 9.89. The molecule has 1 aliphatic rings. The Morgan fingerprint density at radius 1 is 0.500 bits per heavy atom. The van der Waals surface area contributed by atoms with Crippen LogP contribution in [0.1, 0.15) is 46.4 Å². The molecule has 5 nitrogen and oxygen atoms in total. The fourth-order valence-electron chi connectivity index (χ4n) is 7.01. The molecule has 0 heterocycles. The van der Waals surface area contributed by atoms with Crippen molar-refractivity contribution >= 4 is 59.5 Å². The van der Waals surface area contributed by atoms with Crippen LogP contribution in [0.15, 0.2) is 164 Å². The van der Waals surface area contributed by atoms with E-state index in [0.717, 1.165) is 46.9 Å². The van der Waals surface area contributed by atoms with E-state index in [1.54, 1.807) is 7.11 Å². The Hall–Kier alpha value is -5.08. The van der Waals surface area contributed by atoms with Crippen molar-refractivity contribution in [1.29, 1.82) is 0 Å². The van der Waals surface area contributed by atoms with Crippen LogP contribution in [0.3, 0.4) is 0 Å². The van der Waals surface area contributed by atoms with Gasteiger partial charge in [-0.15, -0.1) is 0 Å². The lowest BCUT2D eigenvalue weighted by molar-refractivity contribution is 0.0864. The summed E-state index contributed by atoms with van der Waals surface area (Å²) in [6.07, 6.45) is 3.55. The second kappa shape index (κ2) is 17.0. The average Bonchev–Trinajstić information content (AvgIpc) is 3.20. The highest BCUT2D eigenvalue weighted by Gasteiger charge is 2.32. The third-order valence-electron chi connectivity index (χ3n) is 9.54. The van der Waals surface area contributed by atoms with Gasteiger partial charge in [0.05, 0.1) is 7.11 Å². The van der Waals surface area contributed by atoms with Crippen molar-refractivity contribution < 1.29 is 14.3 Å². The van der Waals surface area contributed by atoms with Crippen molar-refractivity contribution in [2.45, 2.75) is 37.8 Å². The first-order valence-corrected chi connectivity index (χ1v) is 20.5. The first-order chi connectivity index (χ1) is 25.6. The van der Waals surface area contributed by atoms with E-state index in [1.807, 2.05) is 84.9 Å². The van der Waals surface area contributed by atoms with Gasteiger partial charge in [-0.25, -0.2) is 0 Å². The molecular weight excluding hydrogens is 678 g/mol. The van der Waals surface area contributed by atoms with Crippen molar-refractivity contribution in [1.82, 2.24) is 10.6 Å². The van der Waals surface area contributed by atoms with Crippen molar-refractivity contribution in [3.8, 4) is 5.75 Å². The van der Waals surface area contributed by atoms with Crippen LogP contribution in [0, 0.1) is 0 Å². The minimum absolute atomic E-state index is 0.108. The Labute approximate surface area is 309 Å². The molecule has 0 radical (unpaired) electrons. The normalized spacial score (nSPS) is 15.6. The second-order valence-corrected chi connectivity index (χ2v) is 17.2. The largest absolute Gasteiger partial charge is 0.497 e. The standard InChI is InChI=1S/C45H42N2O3P2/c1-50-33-30-31-39(43(32-33)52(36-22-10-4-11-23-36)37-24-12-5-13-25-37)45(49)47-41-28-16-15-27-40(41)46-44(48)38-26-14-17-29-42(38)51(34-18-6-2-7-19-34)35-20-8-3-9-21-35/h2-14,17-26,29-32,40-41H,15-16,27-28H2,1H3,(H,46,48)(H,47,49)/t40-,41-/m1/s1. The highest BCUT2D eigenvalue weighted by molar-refractivity contribution is 7.80. The van der Waals surface area contributed by atoms with Crippen LogP contribution in [-0.2, 0) is 0 Å².